The first-order chi connectivity index (χ1) is 15.6. The molecule has 5 rings (SSSR count). The summed E-state index contributed by atoms with van der Waals surface area (Å²) < 4.78 is 17.2. The van der Waals surface area contributed by atoms with Crippen LogP contribution in [0, 0.1) is 5.92 Å². The summed E-state index contributed by atoms with van der Waals surface area (Å²) in [6, 6.07) is 5.29. The largest absolute Gasteiger partial charge is 0.486 e. The second-order valence-corrected chi connectivity index (χ2v) is 9.36. The van der Waals surface area contributed by atoms with Crippen LogP contribution < -0.4 is 14.8 Å². The van der Waals surface area contributed by atoms with Crippen molar-refractivity contribution in [3.8, 4) is 11.5 Å². The fraction of sp³-hybridized carbons (Fsp3) is 0.667. The molecule has 3 fully saturated rings. The SMILES string of the molecule is O=C(Nc1ccc2c(c1)OCCO2)N1CCC(C(=O)N2CCC3(CCCCO3)CC2)CC1. The van der Waals surface area contributed by atoms with Gasteiger partial charge in [0.1, 0.15) is 13.2 Å². The van der Waals surface area contributed by atoms with Crippen molar-refractivity contribution in [1.82, 2.24) is 9.80 Å². The molecule has 4 aliphatic rings. The number of nitrogens with zero attached hydrogens (tertiary/aromatic N) is 2. The number of rotatable bonds is 2. The third kappa shape index (κ3) is 4.51. The van der Waals surface area contributed by atoms with E-state index in [1.54, 1.807) is 11.0 Å². The molecule has 4 aliphatic heterocycles. The van der Waals surface area contributed by atoms with Gasteiger partial charge in [0.15, 0.2) is 11.5 Å². The number of fused-ring (bicyclic) bond motifs is 1. The van der Waals surface area contributed by atoms with Gasteiger partial charge in [-0.25, -0.2) is 4.79 Å². The first-order valence-corrected chi connectivity index (χ1v) is 12.0. The summed E-state index contributed by atoms with van der Waals surface area (Å²) in [6.45, 7) is 4.69. The third-order valence-corrected chi connectivity index (χ3v) is 7.35. The van der Waals surface area contributed by atoms with Crippen LogP contribution in [0.15, 0.2) is 18.2 Å². The lowest BCUT2D eigenvalue weighted by Gasteiger charge is -2.45. The Kier molecular flexibility index (Phi) is 6.13. The number of hydrogen-bond donors (Lipinski definition) is 1. The Morgan fingerprint density at radius 3 is 2.34 bits per heavy atom. The van der Waals surface area contributed by atoms with E-state index >= 15 is 0 Å². The summed E-state index contributed by atoms with van der Waals surface area (Å²) in [4.78, 5) is 29.6. The summed E-state index contributed by atoms with van der Waals surface area (Å²) in [7, 11) is 0. The minimum atomic E-state index is -0.137. The maximum atomic E-state index is 13.1. The highest BCUT2D eigenvalue weighted by Gasteiger charge is 2.39. The maximum absolute atomic E-state index is 13.1. The topological polar surface area (TPSA) is 80.3 Å². The van der Waals surface area contributed by atoms with Gasteiger partial charge < -0.3 is 29.3 Å². The molecule has 0 saturated carbocycles. The van der Waals surface area contributed by atoms with Crippen LogP contribution in [0.3, 0.4) is 0 Å². The van der Waals surface area contributed by atoms with Crippen molar-refractivity contribution in [3.63, 3.8) is 0 Å². The second kappa shape index (κ2) is 9.17. The smallest absolute Gasteiger partial charge is 0.321 e. The van der Waals surface area contributed by atoms with Crippen molar-refractivity contribution < 1.29 is 23.8 Å². The van der Waals surface area contributed by atoms with Crippen molar-refractivity contribution >= 4 is 17.6 Å². The molecule has 4 heterocycles. The highest BCUT2D eigenvalue weighted by atomic mass is 16.6. The number of carbonyl (C=O) groups is 2. The predicted octanol–water partition coefficient (Wildman–Crippen LogP) is 3.26. The van der Waals surface area contributed by atoms with E-state index in [2.05, 4.69) is 5.32 Å². The van der Waals surface area contributed by atoms with Gasteiger partial charge in [-0.3, -0.25) is 4.79 Å². The van der Waals surface area contributed by atoms with E-state index in [0.29, 0.717) is 56.3 Å². The molecule has 8 nitrogen and oxygen atoms in total. The van der Waals surface area contributed by atoms with Gasteiger partial charge in [-0.05, 0) is 57.1 Å². The molecule has 0 aliphatic carbocycles. The number of likely N-dealkylation sites (tertiary alicyclic amines) is 2. The Labute approximate surface area is 189 Å². The molecule has 1 aromatic rings. The minimum absolute atomic E-state index is 0.00895. The van der Waals surface area contributed by atoms with Gasteiger partial charge in [-0.15, -0.1) is 0 Å². The van der Waals surface area contributed by atoms with Gasteiger partial charge in [0.2, 0.25) is 5.91 Å². The van der Waals surface area contributed by atoms with Crippen molar-refractivity contribution in [2.24, 2.45) is 5.92 Å². The van der Waals surface area contributed by atoms with Gasteiger partial charge in [-0.1, -0.05) is 0 Å². The summed E-state index contributed by atoms with van der Waals surface area (Å²) in [6.07, 6.45) is 6.86. The summed E-state index contributed by atoms with van der Waals surface area (Å²) in [5.41, 5.74) is 0.703. The molecule has 0 aromatic heterocycles. The summed E-state index contributed by atoms with van der Waals surface area (Å²) in [5.74, 6) is 1.62. The number of benzene rings is 1. The first kappa shape index (κ1) is 21.4. The van der Waals surface area contributed by atoms with Crippen LogP contribution in [0.25, 0.3) is 0 Å². The van der Waals surface area contributed by atoms with Gasteiger partial charge in [0, 0.05) is 50.5 Å². The zero-order valence-corrected chi connectivity index (χ0v) is 18.6. The molecule has 0 bridgehead atoms. The summed E-state index contributed by atoms with van der Waals surface area (Å²) in [5, 5.41) is 2.94. The monoisotopic (exact) mass is 443 g/mol. The number of urea groups is 1. The van der Waals surface area contributed by atoms with Gasteiger partial charge >= 0.3 is 6.03 Å². The number of carbonyl (C=O) groups excluding carboxylic acids is 2. The number of ether oxygens (including phenoxy) is 3. The number of amides is 3. The average Bonchev–Trinajstić information content (AvgIpc) is 2.85. The molecular formula is C24H33N3O5. The molecule has 0 radical (unpaired) electrons. The van der Waals surface area contributed by atoms with E-state index in [0.717, 1.165) is 45.4 Å². The Morgan fingerprint density at radius 2 is 1.62 bits per heavy atom. The van der Waals surface area contributed by atoms with Crippen molar-refractivity contribution in [1.29, 1.82) is 0 Å². The normalized spacial score (nSPS) is 23.1. The zero-order chi connectivity index (χ0) is 22.0. The first-order valence-electron chi connectivity index (χ1n) is 12.0. The standard InChI is InChI=1S/C24H33N3O5/c28-22(26-12-8-24(9-13-26)7-1-2-14-32-24)18-5-10-27(11-6-18)23(29)25-19-3-4-20-21(17-19)31-16-15-30-20/h3-4,17-18H,1-2,5-16H2,(H,25,29). The lowest BCUT2D eigenvalue weighted by atomic mass is 9.84. The number of piperidine rings is 2. The Bertz CT molecular complexity index is 836. The molecular weight excluding hydrogens is 410 g/mol. The molecule has 1 aromatic carbocycles. The van der Waals surface area contributed by atoms with Crippen LogP contribution in [-0.2, 0) is 9.53 Å². The highest BCUT2D eigenvalue weighted by Crippen LogP contribution is 2.36. The van der Waals surface area contributed by atoms with Gasteiger partial charge in [0.05, 0.1) is 5.60 Å². The molecule has 8 heteroatoms. The van der Waals surface area contributed by atoms with Crippen LogP contribution in [0.2, 0.25) is 0 Å². The molecule has 3 amide bonds. The zero-order valence-electron chi connectivity index (χ0n) is 18.6. The Morgan fingerprint density at radius 1 is 0.875 bits per heavy atom. The average molecular weight is 444 g/mol. The van der Waals surface area contributed by atoms with E-state index in [1.165, 1.54) is 6.42 Å². The van der Waals surface area contributed by atoms with Crippen molar-refractivity contribution in [3.05, 3.63) is 18.2 Å². The molecule has 32 heavy (non-hydrogen) atoms. The fourth-order valence-electron chi connectivity index (χ4n) is 5.35. The lowest BCUT2D eigenvalue weighted by Crippen LogP contribution is -2.52. The van der Waals surface area contributed by atoms with E-state index in [-0.39, 0.29) is 23.5 Å². The van der Waals surface area contributed by atoms with Gasteiger partial charge in [0.25, 0.3) is 0 Å². The quantitative estimate of drug-likeness (QED) is 0.759. The van der Waals surface area contributed by atoms with E-state index in [9.17, 15) is 9.59 Å². The molecule has 1 N–H and O–H groups in total. The van der Waals surface area contributed by atoms with Crippen molar-refractivity contribution in [2.75, 3.05) is 51.3 Å². The van der Waals surface area contributed by atoms with Gasteiger partial charge in [-0.2, -0.15) is 0 Å². The van der Waals surface area contributed by atoms with E-state index in [1.807, 2.05) is 17.0 Å². The molecule has 0 atom stereocenters. The maximum Gasteiger partial charge on any atom is 0.321 e. The predicted molar refractivity (Wildman–Crippen MR) is 119 cm³/mol. The molecule has 174 valence electrons. The number of anilines is 1. The van der Waals surface area contributed by atoms with Crippen LogP contribution in [0.5, 0.6) is 11.5 Å². The Hall–Kier alpha value is -2.48. The van der Waals surface area contributed by atoms with E-state index in [4.69, 9.17) is 14.2 Å². The van der Waals surface area contributed by atoms with Crippen LogP contribution in [0.1, 0.15) is 44.9 Å². The molecule has 3 saturated heterocycles. The minimum Gasteiger partial charge on any atom is -0.486 e. The Balaban J connectivity index is 1.09. The van der Waals surface area contributed by atoms with Crippen LogP contribution in [-0.4, -0.2) is 73.3 Å². The second-order valence-electron chi connectivity index (χ2n) is 9.36. The van der Waals surface area contributed by atoms with Crippen LogP contribution in [0.4, 0.5) is 10.5 Å². The van der Waals surface area contributed by atoms with E-state index < -0.39 is 0 Å². The lowest BCUT2D eigenvalue weighted by molar-refractivity contribution is -0.147. The fourth-order valence-corrected chi connectivity index (χ4v) is 5.35. The third-order valence-electron chi connectivity index (χ3n) is 7.35. The highest BCUT2D eigenvalue weighted by molar-refractivity contribution is 5.90. The van der Waals surface area contributed by atoms with Crippen molar-refractivity contribution in [2.45, 2.75) is 50.5 Å². The van der Waals surface area contributed by atoms with Crippen LogP contribution >= 0.6 is 0 Å². The number of nitrogens with one attached hydrogen (secondary N) is 1. The molecule has 1 spiro atoms. The summed E-state index contributed by atoms with van der Waals surface area (Å²) >= 11 is 0. The number of hydrogen-bond acceptors (Lipinski definition) is 5. The molecule has 0 unspecified atom stereocenters.